The molecule has 0 amide bonds. The highest BCUT2D eigenvalue weighted by Crippen LogP contribution is 2.28. The maximum Gasteiger partial charge on any atom is 0.336 e. The fraction of sp³-hybridized carbons (Fsp3) is 0. The number of carboxylic acid groups (broad SMARTS) is 1. The molecule has 1 heterocycles. The highest BCUT2D eigenvalue weighted by Gasteiger charge is 2.19. The third kappa shape index (κ3) is 3.32. The van der Waals surface area contributed by atoms with E-state index in [1.807, 2.05) is 0 Å². The van der Waals surface area contributed by atoms with E-state index in [9.17, 15) is 13.2 Å². The summed E-state index contributed by atoms with van der Waals surface area (Å²) in [6.45, 7) is 0. The third-order valence-corrected chi connectivity index (χ3v) is 6.29. The fourth-order valence-corrected chi connectivity index (χ4v) is 4.03. The van der Waals surface area contributed by atoms with Crippen molar-refractivity contribution in [1.82, 2.24) is 0 Å². The number of carbonyl (C=O) groups is 1. The number of anilines is 1. The van der Waals surface area contributed by atoms with E-state index in [2.05, 4.69) is 20.7 Å². The van der Waals surface area contributed by atoms with Gasteiger partial charge in [0, 0.05) is 9.85 Å². The number of nitrogens with one attached hydrogen (secondary N) is 1. The van der Waals surface area contributed by atoms with Gasteiger partial charge in [-0.2, -0.15) is 0 Å². The highest BCUT2D eigenvalue weighted by molar-refractivity contribution is 9.10. The molecule has 0 spiro atoms. The Bertz CT molecular complexity index is 772. The van der Waals surface area contributed by atoms with Gasteiger partial charge in [-0.25, -0.2) is 13.2 Å². The van der Waals surface area contributed by atoms with Gasteiger partial charge >= 0.3 is 5.97 Å². The maximum absolute atomic E-state index is 12.1. The number of thiophene rings is 1. The molecule has 0 saturated heterocycles. The number of aromatic carboxylic acids is 1. The minimum Gasteiger partial charge on any atom is -0.478 e. The SMILES string of the molecule is O=C(O)c1csc(S(=O)(=O)Nc2ccc(Cl)c(Br)c2)c1. The normalized spacial score (nSPS) is 11.3. The molecule has 2 N–H and O–H groups in total. The summed E-state index contributed by atoms with van der Waals surface area (Å²) < 4.78 is 27.0. The van der Waals surface area contributed by atoms with Crippen LogP contribution in [0.15, 0.2) is 38.3 Å². The van der Waals surface area contributed by atoms with Crippen LogP contribution < -0.4 is 4.72 Å². The van der Waals surface area contributed by atoms with Crippen LogP contribution in [0.4, 0.5) is 5.69 Å². The van der Waals surface area contributed by atoms with Crippen LogP contribution in [0.2, 0.25) is 5.02 Å². The molecule has 0 bridgehead atoms. The van der Waals surface area contributed by atoms with Crippen LogP contribution in [0.25, 0.3) is 0 Å². The smallest absolute Gasteiger partial charge is 0.336 e. The Morgan fingerprint density at radius 1 is 1.35 bits per heavy atom. The summed E-state index contributed by atoms with van der Waals surface area (Å²) in [5, 5.41) is 10.5. The zero-order chi connectivity index (χ0) is 14.9. The molecular formula is C11H7BrClNO4S2. The topological polar surface area (TPSA) is 83.5 Å². The minimum absolute atomic E-state index is 0.0624. The molecule has 20 heavy (non-hydrogen) atoms. The van der Waals surface area contributed by atoms with Gasteiger partial charge in [-0.1, -0.05) is 11.6 Å². The molecule has 0 unspecified atom stereocenters. The van der Waals surface area contributed by atoms with Crippen molar-refractivity contribution in [3.05, 3.63) is 44.7 Å². The zero-order valence-corrected chi connectivity index (χ0v) is 13.6. The van der Waals surface area contributed by atoms with Crippen molar-refractivity contribution >= 4 is 60.5 Å². The van der Waals surface area contributed by atoms with Crippen LogP contribution in [0.3, 0.4) is 0 Å². The molecule has 106 valence electrons. The van der Waals surface area contributed by atoms with Crippen molar-refractivity contribution in [3.8, 4) is 0 Å². The van der Waals surface area contributed by atoms with Crippen molar-refractivity contribution in [2.24, 2.45) is 0 Å². The van der Waals surface area contributed by atoms with Gasteiger partial charge in [-0.05, 0) is 40.2 Å². The van der Waals surface area contributed by atoms with Crippen LogP contribution in [-0.4, -0.2) is 19.5 Å². The second-order valence-electron chi connectivity index (χ2n) is 3.69. The molecule has 1 aromatic heterocycles. The molecule has 2 aromatic rings. The highest BCUT2D eigenvalue weighted by atomic mass is 79.9. The largest absolute Gasteiger partial charge is 0.478 e. The van der Waals surface area contributed by atoms with Crippen LogP contribution in [-0.2, 0) is 10.0 Å². The lowest BCUT2D eigenvalue weighted by Gasteiger charge is -2.07. The van der Waals surface area contributed by atoms with Crippen molar-refractivity contribution in [3.63, 3.8) is 0 Å². The van der Waals surface area contributed by atoms with Crippen molar-refractivity contribution < 1.29 is 18.3 Å². The third-order valence-electron chi connectivity index (χ3n) is 2.26. The van der Waals surface area contributed by atoms with E-state index in [0.717, 1.165) is 17.4 Å². The predicted octanol–water partition coefficient (Wildman–Crippen LogP) is 3.66. The summed E-state index contributed by atoms with van der Waals surface area (Å²) >= 11 is 9.85. The minimum atomic E-state index is -3.81. The van der Waals surface area contributed by atoms with E-state index >= 15 is 0 Å². The molecule has 2 rings (SSSR count). The Labute approximate surface area is 132 Å². The first-order chi connectivity index (χ1) is 9.29. The van der Waals surface area contributed by atoms with Crippen LogP contribution in [0.5, 0.6) is 0 Å². The number of benzene rings is 1. The first kappa shape index (κ1) is 15.3. The lowest BCUT2D eigenvalue weighted by atomic mass is 10.3. The quantitative estimate of drug-likeness (QED) is 0.826. The van der Waals surface area contributed by atoms with Gasteiger partial charge in [-0.3, -0.25) is 4.72 Å². The first-order valence-corrected chi connectivity index (χ1v) is 8.62. The summed E-state index contributed by atoms with van der Waals surface area (Å²) in [4.78, 5) is 10.8. The van der Waals surface area contributed by atoms with Gasteiger partial charge in [0.15, 0.2) is 0 Å². The molecular weight excluding hydrogens is 390 g/mol. The van der Waals surface area contributed by atoms with Crippen molar-refractivity contribution in [2.75, 3.05) is 4.72 Å². The Hall–Kier alpha value is -1.09. The average molecular weight is 397 g/mol. The fourth-order valence-electron chi connectivity index (χ4n) is 1.33. The van der Waals surface area contributed by atoms with Gasteiger partial charge in [0.05, 0.1) is 16.3 Å². The second-order valence-corrected chi connectivity index (χ2v) is 7.78. The monoisotopic (exact) mass is 395 g/mol. The lowest BCUT2D eigenvalue weighted by molar-refractivity contribution is 0.0697. The lowest BCUT2D eigenvalue weighted by Crippen LogP contribution is -2.11. The van der Waals surface area contributed by atoms with Gasteiger partial charge < -0.3 is 5.11 Å². The van der Waals surface area contributed by atoms with Gasteiger partial charge in [0.2, 0.25) is 0 Å². The maximum atomic E-state index is 12.1. The molecule has 0 saturated carbocycles. The number of halogens is 2. The van der Waals surface area contributed by atoms with Crippen LogP contribution in [0.1, 0.15) is 10.4 Å². The molecule has 0 atom stereocenters. The molecule has 5 nitrogen and oxygen atoms in total. The number of rotatable bonds is 4. The second kappa shape index (κ2) is 5.72. The Balaban J connectivity index is 2.30. The predicted molar refractivity (Wildman–Crippen MR) is 81.2 cm³/mol. The number of carboxylic acids is 1. The number of hydrogen-bond acceptors (Lipinski definition) is 4. The Morgan fingerprint density at radius 3 is 2.60 bits per heavy atom. The van der Waals surface area contributed by atoms with E-state index in [-0.39, 0.29) is 9.77 Å². The van der Waals surface area contributed by atoms with E-state index in [1.165, 1.54) is 17.5 Å². The van der Waals surface area contributed by atoms with Crippen molar-refractivity contribution in [1.29, 1.82) is 0 Å². The van der Waals surface area contributed by atoms with E-state index in [1.54, 1.807) is 6.07 Å². The summed E-state index contributed by atoms with van der Waals surface area (Å²) in [7, 11) is -3.81. The Kier molecular flexibility index (Phi) is 4.38. The standard InChI is InChI=1S/C11H7BrClNO4S2/c12-8-4-7(1-2-9(8)13)14-20(17,18)10-3-6(5-19-10)11(15)16/h1-5,14H,(H,15,16). The van der Waals surface area contributed by atoms with Gasteiger partial charge in [0.25, 0.3) is 10.0 Å². The molecule has 0 aliphatic rings. The van der Waals surface area contributed by atoms with E-state index < -0.39 is 16.0 Å². The molecule has 1 aromatic carbocycles. The molecule has 0 radical (unpaired) electrons. The zero-order valence-electron chi connectivity index (χ0n) is 9.63. The molecule has 0 fully saturated rings. The first-order valence-electron chi connectivity index (χ1n) is 5.09. The average Bonchev–Trinajstić information content (AvgIpc) is 2.84. The molecule has 0 aliphatic carbocycles. The number of hydrogen-bond donors (Lipinski definition) is 2. The van der Waals surface area contributed by atoms with Gasteiger partial charge in [-0.15, -0.1) is 11.3 Å². The summed E-state index contributed by atoms with van der Waals surface area (Å²) in [6, 6.07) is 5.68. The molecule has 0 aliphatic heterocycles. The Morgan fingerprint density at radius 2 is 2.05 bits per heavy atom. The van der Waals surface area contributed by atoms with Crippen LogP contribution in [0, 0.1) is 0 Å². The van der Waals surface area contributed by atoms with Crippen LogP contribution >= 0.6 is 38.9 Å². The van der Waals surface area contributed by atoms with E-state index in [0.29, 0.717) is 15.2 Å². The summed E-state index contributed by atoms with van der Waals surface area (Å²) in [5.74, 6) is -1.17. The summed E-state index contributed by atoms with van der Waals surface area (Å²) in [5.41, 5.74) is 0.263. The number of sulfonamides is 1. The molecule has 9 heteroatoms. The van der Waals surface area contributed by atoms with Crippen molar-refractivity contribution in [2.45, 2.75) is 4.21 Å². The van der Waals surface area contributed by atoms with E-state index in [4.69, 9.17) is 16.7 Å². The van der Waals surface area contributed by atoms with Gasteiger partial charge in [0.1, 0.15) is 4.21 Å². The summed E-state index contributed by atoms with van der Waals surface area (Å²) in [6.07, 6.45) is 0.